The zero-order valence-electron chi connectivity index (χ0n) is 18.2. The largest absolute Gasteiger partial charge is 0.492 e. The molecule has 0 unspecified atom stereocenters. The Morgan fingerprint density at radius 2 is 1.47 bits per heavy atom. The lowest BCUT2D eigenvalue weighted by atomic mass is 9.88. The SMILES string of the molecule is O=C(c1ccccc1)c1c(-c2ccccc2)c(OCCN2CCCC2)cc2ccccc12. The number of rotatable bonds is 7. The van der Waals surface area contributed by atoms with Crippen LogP contribution in [0.2, 0.25) is 0 Å². The molecule has 1 fully saturated rings. The van der Waals surface area contributed by atoms with Crippen molar-refractivity contribution in [2.45, 2.75) is 12.8 Å². The third kappa shape index (κ3) is 4.17. The summed E-state index contributed by atoms with van der Waals surface area (Å²) in [5.41, 5.74) is 3.26. The normalized spacial score (nSPS) is 14.0. The minimum Gasteiger partial charge on any atom is -0.492 e. The molecule has 0 radical (unpaired) electrons. The van der Waals surface area contributed by atoms with Crippen LogP contribution in [0.1, 0.15) is 28.8 Å². The molecule has 0 spiro atoms. The molecule has 1 aliphatic heterocycles. The van der Waals surface area contributed by atoms with Crippen molar-refractivity contribution in [2.24, 2.45) is 0 Å². The molecular weight excluding hydrogens is 394 g/mol. The van der Waals surface area contributed by atoms with E-state index in [9.17, 15) is 4.79 Å². The number of carbonyl (C=O) groups excluding carboxylic acids is 1. The van der Waals surface area contributed by atoms with Gasteiger partial charge in [-0.1, -0.05) is 84.9 Å². The van der Waals surface area contributed by atoms with Crippen LogP contribution in [0, 0.1) is 0 Å². The van der Waals surface area contributed by atoms with Crippen LogP contribution in [0.15, 0.2) is 91.0 Å². The van der Waals surface area contributed by atoms with E-state index in [2.05, 4.69) is 29.2 Å². The standard InChI is InChI=1S/C29H27NO2/c31-29(23-13-5-2-6-14-23)28-25-16-8-7-15-24(25)21-26(27(28)22-11-3-1-4-12-22)32-20-19-30-17-9-10-18-30/h1-8,11-16,21H,9-10,17-20H2. The van der Waals surface area contributed by atoms with E-state index in [-0.39, 0.29) is 5.78 Å². The molecule has 0 amide bonds. The molecule has 160 valence electrons. The highest BCUT2D eigenvalue weighted by molar-refractivity contribution is 6.21. The molecule has 3 nitrogen and oxygen atoms in total. The first-order valence-electron chi connectivity index (χ1n) is 11.4. The van der Waals surface area contributed by atoms with Gasteiger partial charge < -0.3 is 4.74 Å². The second kappa shape index (κ2) is 9.37. The van der Waals surface area contributed by atoms with E-state index in [1.807, 2.05) is 66.7 Å². The van der Waals surface area contributed by atoms with E-state index in [1.165, 1.54) is 12.8 Å². The molecule has 1 saturated heterocycles. The number of benzene rings is 4. The van der Waals surface area contributed by atoms with Crippen LogP contribution in [0.25, 0.3) is 21.9 Å². The Morgan fingerprint density at radius 1 is 0.812 bits per heavy atom. The fourth-order valence-electron chi connectivity index (χ4n) is 4.59. The highest BCUT2D eigenvalue weighted by atomic mass is 16.5. The molecule has 0 atom stereocenters. The lowest BCUT2D eigenvalue weighted by Crippen LogP contribution is -2.25. The fraction of sp³-hybridized carbons (Fsp3) is 0.207. The van der Waals surface area contributed by atoms with Crippen LogP contribution < -0.4 is 4.74 Å². The summed E-state index contributed by atoms with van der Waals surface area (Å²) in [6, 6.07) is 29.8. The molecule has 0 aliphatic carbocycles. The van der Waals surface area contributed by atoms with E-state index >= 15 is 0 Å². The fourth-order valence-corrected chi connectivity index (χ4v) is 4.59. The molecule has 3 heteroatoms. The second-order valence-corrected chi connectivity index (χ2v) is 8.30. The van der Waals surface area contributed by atoms with E-state index in [1.54, 1.807) is 0 Å². The first-order valence-corrected chi connectivity index (χ1v) is 11.4. The molecule has 1 heterocycles. The number of hydrogen-bond donors (Lipinski definition) is 0. The molecule has 4 aromatic rings. The third-order valence-corrected chi connectivity index (χ3v) is 6.20. The summed E-state index contributed by atoms with van der Waals surface area (Å²) in [5.74, 6) is 0.791. The van der Waals surface area contributed by atoms with Crippen LogP contribution in [0.3, 0.4) is 0 Å². The molecule has 0 aromatic heterocycles. The quantitative estimate of drug-likeness (QED) is 0.332. The van der Waals surface area contributed by atoms with Crippen LogP contribution in [-0.4, -0.2) is 36.9 Å². The predicted molar refractivity (Wildman–Crippen MR) is 130 cm³/mol. The van der Waals surface area contributed by atoms with E-state index in [0.29, 0.717) is 17.7 Å². The third-order valence-electron chi connectivity index (χ3n) is 6.20. The number of hydrogen-bond acceptors (Lipinski definition) is 3. The Hall–Kier alpha value is -3.43. The minimum absolute atomic E-state index is 0.0191. The topological polar surface area (TPSA) is 29.5 Å². The first kappa shape index (κ1) is 20.5. The van der Waals surface area contributed by atoms with Crippen molar-refractivity contribution in [1.82, 2.24) is 4.90 Å². The van der Waals surface area contributed by atoms with Gasteiger partial charge in [-0.15, -0.1) is 0 Å². The Labute approximate surface area is 189 Å². The smallest absolute Gasteiger partial charge is 0.194 e. The van der Waals surface area contributed by atoms with Gasteiger partial charge in [0.2, 0.25) is 0 Å². The van der Waals surface area contributed by atoms with Crippen LogP contribution in [-0.2, 0) is 0 Å². The van der Waals surface area contributed by atoms with E-state index in [4.69, 9.17) is 4.74 Å². The summed E-state index contributed by atoms with van der Waals surface area (Å²) in [6.45, 7) is 3.80. The maximum Gasteiger partial charge on any atom is 0.194 e. The van der Waals surface area contributed by atoms with Gasteiger partial charge in [0, 0.05) is 23.2 Å². The Balaban J connectivity index is 1.65. The van der Waals surface area contributed by atoms with Gasteiger partial charge >= 0.3 is 0 Å². The molecule has 0 N–H and O–H groups in total. The Morgan fingerprint density at radius 3 is 2.22 bits per heavy atom. The summed E-state index contributed by atoms with van der Waals surface area (Å²) in [6.07, 6.45) is 2.53. The van der Waals surface area contributed by atoms with Crippen molar-refractivity contribution in [3.05, 3.63) is 102 Å². The zero-order valence-corrected chi connectivity index (χ0v) is 18.2. The number of carbonyl (C=O) groups is 1. The highest BCUT2D eigenvalue weighted by Crippen LogP contribution is 2.40. The summed E-state index contributed by atoms with van der Waals surface area (Å²) >= 11 is 0. The molecular formula is C29H27NO2. The monoisotopic (exact) mass is 421 g/mol. The highest BCUT2D eigenvalue weighted by Gasteiger charge is 2.23. The van der Waals surface area contributed by atoms with Gasteiger partial charge in [-0.3, -0.25) is 9.69 Å². The number of ether oxygens (including phenoxy) is 1. The molecule has 0 saturated carbocycles. The average molecular weight is 422 g/mol. The van der Waals surface area contributed by atoms with Crippen molar-refractivity contribution in [3.63, 3.8) is 0 Å². The first-order chi connectivity index (χ1) is 15.8. The van der Waals surface area contributed by atoms with Crippen LogP contribution in [0.4, 0.5) is 0 Å². The summed E-state index contributed by atoms with van der Waals surface area (Å²) in [5, 5.41) is 1.97. The summed E-state index contributed by atoms with van der Waals surface area (Å²) in [4.78, 5) is 16.3. The van der Waals surface area contributed by atoms with Crippen LogP contribution >= 0.6 is 0 Å². The maximum atomic E-state index is 13.8. The average Bonchev–Trinajstić information content (AvgIpc) is 3.37. The van der Waals surface area contributed by atoms with Gasteiger partial charge in [-0.25, -0.2) is 0 Å². The second-order valence-electron chi connectivity index (χ2n) is 8.30. The number of nitrogens with zero attached hydrogens (tertiary/aromatic N) is 1. The number of fused-ring (bicyclic) bond motifs is 1. The van der Waals surface area contributed by atoms with E-state index in [0.717, 1.165) is 47.3 Å². The van der Waals surface area contributed by atoms with E-state index < -0.39 is 0 Å². The minimum atomic E-state index is 0.0191. The van der Waals surface area contributed by atoms with Gasteiger partial charge in [0.15, 0.2) is 5.78 Å². The lowest BCUT2D eigenvalue weighted by molar-refractivity contribution is 0.104. The van der Waals surface area contributed by atoms with Gasteiger partial charge in [0.25, 0.3) is 0 Å². The van der Waals surface area contributed by atoms with Crippen molar-refractivity contribution in [2.75, 3.05) is 26.2 Å². The zero-order chi connectivity index (χ0) is 21.8. The summed E-state index contributed by atoms with van der Waals surface area (Å²) < 4.78 is 6.39. The van der Waals surface area contributed by atoms with Gasteiger partial charge in [-0.05, 0) is 48.3 Å². The van der Waals surface area contributed by atoms with Gasteiger partial charge in [-0.2, -0.15) is 0 Å². The number of likely N-dealkylation sites (tertiary alicyclic amines) is 1. The molecule has 5 rings (SSSR count). The Bertz CT molecular complexity index is 1210. The van der Waals surface area contributed by atoms with Crippen molar-refractivity contribution >= 4 is 16.6 Å². The van der Waals surface area contributed by atoms with Crippen molar-refractivity contribution in [1.29, 1.82) is 0 Å². The molecule has 4 aromatic carbocycles. The van der Waals surface area contributed by atoms with Crippen LogP contribution in [0.5, 0.6) is 5.75 Å². The predicted octanol–water partition coefficient (Wildman–Crippen LogP) is 6.21. The Kier molecular flexibility index (Phi) is 6.00. The molecule has 0 bridgehead atoms. The lowest BCUT2D eigenvalue weighted by Gasteiger charge is -2.20. The van der Waals surface area contributed by atoms with Gasteiger partial charge in [0.05, 0.1) is 0 Å². The molecule has 1 aliphatic rings. The molecule has 32 heavy (non-hydrogen) atoms. The van der Waals surface area contributed by atoms with Gasteiger partial charge in [0.1, 0.15) is 12.4 Å². The van der Waals surface area contributed by atoms with Crippen molar-refractivity contribution in [3.8, 4) is 16.9 Å². The maximum absolute atomic E-state index is 13.8. The number of ketones is 1. The van der Waals surface area contributed by atoms with Crippen molar-refractivity contribution < 1.29 is 9.53 Å². The summed E-state index contributed by atoms with van der Waals surface area (Å²) in [7, 11) is 0.